The number of carbonyl (C=O) groups excluding carboxylic acids is 1. The van der Waals surface area contributed by atoms with Gasteiger partial charge in [0.2, 0.25) is 6.54 Å². The number of nitrogens with one attached hydrogen (secondary N) is 1. The molecule has 0 radical (unpaired) electrons. The lowest BCUT2D eigenvalue weighted by molar-refractivity contribution is -0.684. The van der Waals surface area contributed by atoms with Crippen molar-refractivity contribution in [3.8, 4) is 11.1 Å². The van der Waals surface area contributed by atoms with E-state index in [0.29, 0.717) is 6.54 Å². The first-order valence-corrected chi connectivity index (χ1v) is 7.21. The average Bonchev–Trinajstić information content (AvgIpc) is 2.57. The predicted octanol–water partition coefficient (Wildman–Crippen LogP) is 3.28. The zero-order chi connectivity index (χ0) is 15.2. The van der Waals surface area contributed by atoms with Gasteiger partial charge in [-0.2, -0.15) is 4.57 Å². The molecule has 0 aliphatic heterocycles. The summed E-state index contributed by atoms with van der Waals surface area (Å²) < 4.78 is 1.87. The first-order valence-electron chi connectivity index (χ1n) is 7.21. The molecule has 3 nitrogen and oxygen atoms in total. The van der Waals surface area contributed by atoms with Gasteiger partial charge in [-0.05, 0) is 23.3 Å². The Hall–Kier alpha value is -2.94. The lowest BCUT2D eigenvalue weighted by Gasteiger charge is -2.03. The maximum Gasteiger partial charge on any atom is 0.290 e. The molecular formula is C19H17N2O+. The van der Waals surface area contributed by atoms with Crippen LogP contribution in [-0.2, 0) is 11.3 Å². The van der Waals surface area contributed by atoms with Gasteiger partial charge in [-0.3, -0.25) is 4.79 Å². The molecule has 0 saturated carbocycles. The van der Waals surface area contributed by atoms with Crippen molar-refractivity contribution in [1.82, 2.24) is 0 Å². The van der Waals surface area contributed by atoms with E-state index in [9.17, 15) is 4.79 Å². The number of hydrogen-bond acceptors (Lipinski definition) is 1. The number of amides is 1. The summed E-state index contributed by atoms with van der Waals surface area (Å²) in [6.07, 6.45) is 3.85. The Balaban J connectivity index is 1.65. The third-order valence-electron chi connectivity index (χ3n) is 3.38. The summed E-state index contributed by atoms with van der Waals surface area (Å²) in [5.41, 5.74) is 3.12. The van der Waals surface area contributed by atoms with Gasteiger partial charge in [-0.15, -0.1) is 0 Å². The van der Waals surface area contributed by atoms with Crippen molar-refractivity contribution in [1.29, 1.82) is 0 Å². The van der Waals surface area contributed by atoms with Crippen LogP contribution >= 0.6 is 0 Å². The minimum Gasteiger partial charge on any atom is -0.321 e. The number of anilines is 1. The second-order valence-electron chi connectivity index (χ2n) is 5.04. The van der Waals surface area contributed by atoms with E-state index >= 15 is 0 Å². The van der Waals surface area contributed by atoms with Gasteiger partial charge >= 0.3 is 0 Å². The number of aromatic nitrogens is 1. The van der Waals surface area contributed by atoms with Gasteiger partial charge in [0.15, 0.2) is 12.4 Å². The van der Waals surface area contributed by atoms with Crippen LogP contribution in [0.5, 0.6) is 0 Å². The highest BCUT2D eigenvalue weighted by Gasteiger charge is 2.09. The Bertz CT molecular complexity index is 737. The Morgan fingerprint density at radius 2 is 1.32 bits per heavy atom. The molecule has 1 aromatic heterocycles. The zero-order valence-electron chi connectivity index (χ0n) is 12.1. The smallest absolute Gasteiger partial charge is 0.290 e. The number of nitrogens with zero attached hydrogens (tertiary/aromatic N) is 1. The summed E-state index contributed by atoms with van der Waals surface area (Å²) in [7, 11) is 0. The van der Waals surface area contributed by atoms with Gasteiger partial charge in [0.05, 0.1) is 0 Å². The SMILES string of the molecule is O=C(C[n+]1ccc(-c2ccccc2)cc1)Nc1ccccc1. The molecule has 1 N–H and O–H groups in total. The Labute approximate surface area is 129 Å². The summed E-state index contributed by atoms with van der Waals surface area (Å²) >= 11 is 0. The molecule has 0 atom stereocenters. The fraction of sp³-hybridized carbons (Fsp3) is 0.0526. The van der Waals surface area contributed by atoms with Crippen LogP contribution in [0.3, 0.4) is 0 Å². The van der Waals surface area contributed by atoms with Crippen LogP contribution < -0.4 is 9.88 Å². The van der Waals surface area contributed by atoms with Crippen LogP contribution in [0.4, 0.5) is 5.69 Å². The van der Waals surface area contributed by atoms with Crippen molar-refractivity contribution < 1.29 is 9.36 Å². The average molecular weight is 289 g/mol. The van der Waals surface area contributed by atoms with E-state index in [2.05, 4.69) is 17.4 Å². The fourth-order valence-corrected chi connectivity index (χ4v) is 2.27. The Kier molecular flexibility index (Phi) is 4.25. The molecule has 0 aliphatic carbocycles. The van der Waals surface area contributed by atoms with E-state index in [0.717, 1.165) is 11.3 Å². The molecule has 0 unspecified atom stereocenters. The molecule has 0 aliphatic rings. The van der Waals surface area contributed by atoms with Crippen molar-refractivity contribution in [3.05, 3.63) is 85.2 Å². The topological polar surface area (TPSA) is 33.0 Å². The fourth-order valence-electron chi connectivity index (χ4n) is 2.27. The van der Waals surface area contributed by atoms with Crippen LogP contribution in [-0.4, -0.2) is 5.91 Å². The van der Waals surface area contributed by atoms with E-state index in [1.807, 2.05) is 77.6 Å². The number of benzene rings is 2. The summed E-state index contributed by atoms with van der Waals surface area (Å²) in [6, 6.07) is 23.7. The highest BCUT2D eigenvalue weighted by Crippen LogP contribution is 2.16. The van der Waals surface area contributed by atoms with Gasteiger partial charge in [0.1, 0.15) is 0 Å². The summed E-state index contributed by atoms with van der Waals surface area (Å²) in [5.74, 6) is -0.0383. The number of pyridine rings is 1. The third kappa shape index (κ3) is 3.58. The lowest BCUT2D eigenvalue weighted by Crippen LogP contribution is -2.39. The lowest BCUT2D eigenvalue weighted by atomic mass is 10.1. The number of rotatable bonds is 4. The second kappa shape index (κ2) is 6.68. The van der Waals surface area contributed by atoms with Crippen molar-refractivity contribution in [2.75, 3.05) is 5.32 Å². The standard InChI is InChI=1S/C19H16N2O/c22-19(20-18-9-5-2-6-10-18)15-21-13-11-17(12-14-21)16-7-3-1-4-8-16/h1-14H,15H2/p+1. The van der Waals surface area contributed by atoms with Crippen molar-refractivity contribution in [3.63, 3.8) is 0 Å². The van der Waals surface area contributed by atoms with E-state index in [1.54, 1.807) is 0 Å². The molecule has 3 aromatic rings. The second-order valence-corrected chi connectivity index (χ2v) is 5.04. The van der Waals surface area contributed by atoms with Crippen molar-refractivity contribution in [2.24, 2.45) is 0 Å². The summed E-state index contributed by atoms with van der Waals surface area (Å²) in [5, 5.41) is 2.88. The molecule has 3 rings (SSSR count). The first kappa shape index (κ1) is 14.0. The van der Waals surface area contributed by atoms with Gasteiger partial charge in [0, 0.05) is 17.8 Å². The number of para-hydroxylation sites is 1. The van der Waals surface area contributed by atoms with Gasteiger partial charge in [-0.25, -0.2) is 0 Å². The maximum atomic E-state index is 12.0. The predicted molar refractivity (Wildman–Crippen MR) is 87.1 cm³/mol. The third-order valence-corrected chi connectivity index (χ3v) is 3.38. The van der Waals surface area contributed by atoms with Crippen LogP contribution in [0.15, 0.2) is 85.2 Å². The molecule has 0 fully saturated rings. The van der Waals surface area contributed by atoms with Gasteiger partial charge in [0.25, 0.3) is 5.91 Å². The normalized spacial score (nSPS) is 10.2. The molecule has 1 amide bonds. The van der Waals surface area contributed by atoms with E-state index in [4.69, 9.17) is 0 Å². The van der Waals surface area contributed by atoms with E-state index in [1.165, 1.54) is 5.56 Å². The molecule has 0 bridgehead atoms. The minimum absolute atomic E-state index is 0.0383. The molecule has 3 heteroatoms. The zero-order valence-corrected chi connectivity index (χ0v) is 12.1. The Morgan fingerprint density at radius 3 is 1.95 bits per heavy atom. The summed E-state index contributed by atoms with van der Waals surface area (Å²) in [4.78, 5) is 12.0. The molecule has 108 valence electrons. The maximum absolute atomic E-state index is 12.0. The Morgan fingerprint density at radius 1 is 0.773 bits per heavy atom. The van der Waals surface area contributed by atoms with Crippen molar-refractivity contribution in [2.45, 2.75) is 6.54 Å². The van der Waals surface area contributed by atoms with Crippen LogP contribution in [0.1, 0.15) is 0 Å². The number of hydrogen-bond donors (Lipinski definition) is 1. The highest BCUT2D eigenvalue weighted by molar-refractivity contribution is 5.89. The van der Waals surface area contributed by atoms with Gasteiger partial charge in [-0.1, -0.05) is 48.5 Å². The largest absolute Gasteiger partial charge is 0.321 e. The highest BCUT2D eigenvalue weighted by atomic mass is 16.1. The summed E-state index contributed by atoms with van der Waals surface area (Å²) in [6.45, 7) is 0.296. The van der Waals surface area contributed by atoms with Crippen LogP contribution in [0, 0.1) is 0 Å². The van der Waals surface area contributed by atoms with Crippen LogP contribution in [0.2, 0.25) is 0 Å². The van der Waals surface area contributed by atoms with Crippen molar-refractivity contribution >= 4 is 11.6 Å². The molecule has 1 heterocycles. The molecule has 2 aromatic carbocycles. The van der Waals surface area contributed by atoms with E-state index in [-0.39, 0.29) is 5.91 Å². The minimum atomic E-state index is -0.0383. The molecule has 0 saturated heterocycles. The molecular weight excluding hydrogens is 272 g/mol. The monoisotopic (exact) mass is 289 g/mol. The van der Waals surface area contributed by atoms with Crippen LogP contribution in [0.25, 0.3) is 11.1 Å². The van der Waals surface area contributed by atoms with Gasteiger partial charge < -0.3 is 5.32 Å². The number of carbonyl (C=O) groups is 1. The molecule has 0 spiro atoms. The molecule has 22 heavy (non-hydrogen) atoms. The van der Waals surface area contributed by atoms with E-state index < -0.39 is 0 Å². The first-order chi connectivity index (χ1) is 10.8. The quantitative estimate of drug-likeness (QED) is 0.735.